The summed E-state index contributed by atoms with van der Waals surface area (Å²) in [5.41, 5.74) is 0.735. The molecular formula is C13H18Cl2N2O. The van der Waals surface area contributed by atoms with Gasteiger partial charge < -0.3 is 10.6 Å². The van der Waals surface area contributed by atoms with E-state index in [0.29, 0.717) is 10.0 Å². The Bertz CT molecular complexity index is 403. The Balaban J connectivity index is 2.63. The Morgan fingerprint density at radius 3 is 2.28 bits per heavy atom. The molecule has 0 aliphatic rings. The van der Waals surface area contributed by atoms with E-state index in [9.17, 15) is 4.79 Å². The lowest BCUT2D eigenvalue weighted by Gasteiger charge is -2.18. The van der Waals surface area contributed by atoms with Crippen LogP contribution in [0.1, 0.15) is 27.2 Å². The molecule has 2 N–H and O–H groups in total. The van der Waals surface area contributed by atoms with Crippen molar-refractivity contribution in [3.63, 3.8) is 0 Å². The van der Waals surface area contributed by atoms with Gasteiger partial charge in [0.1, 0.15) is 6.04 Å². The van der Waals surface area contributed by atoms with E-state index in [2.05, 4.69) is 10.6 Å². The Morgan fingerprint density at radius 1 is 1.22 bits per heavy atom. The maximum Gasteiger partial charge on any atom is 0.242 e. The normalized spacial score (nSPS) is 13.8. The third-order valence-corrected chi connectivity index (χ3v) is 3.08. The van der Waals surface area contributed by atoms with Gasteiger partial charge in [-0.05, 0) is 38.5 Å². The van der Waals surface area contributed by atoms with E-state index in [1.807, 2.05) is 13.8 Å². The van der Waals surface area contributed by atoms with Crippen LogP contribution in [0.15, 0.2) is 18.2 Å². The van der Waals surface area contributed by atoms with Gasteiger partial charge in [-0.25, -0.2) is 0 Å². The van der Waals surface area contributed by atoms with Crippen molar-refractivity contribution in [2.75, 3.05) is 5.32 Å². The topological polar surface area (TPSA) is 41.1 Å². The molecule has 2 atom stereocenters. The van der Waals surface area contributed by atoms with Gasteiger partial charge in [-0.15, -0.1) is 0 Å². The van der Waals surface area contributed by atoms with Crippen molar-refractivity contribution in [2.24, 2.45) is 0 Å². The Morgan fingerprint density at radius 2 is 1.78 bits per heavy atom. The second kappa shape index (κ2) is 6.86. The molecule has 0 aromatic heterocycles. The summed E-state index contributed by atoms with van der Waals surface area (Å²) in [6, 6.07) is 4.96. The van der Waals surface area contributed by atoms with Crippen LogP contribution < -0.4 is 10.6 Å². The molecule has 18 heavy (non-hydrogen) atoms. The second-order valence-electron chi connectivity index (χ2n) is 4.34. The number of benzene rings is 1. The van der Waals surface area contributed by atoms with Crippen molar-refractivity contribution in [3.8, 4) is 0 Å². The molecule has 0 fully saturated rings. The molecule has 100 valence electrons. The smallest absolute Gasteiger partial charge is 0.242 e. The van der Waals surface area contributed by atoms with Gasteiger partial charge in [-0.3, -0.25) is 4.79 Å². The summed E-state index contributed by atoms with van der Waals surface area (Å²) in [7, 11) is 0. The van der Waals surface area contributed by atoms with E-state index in [0.717, 1.165) is 12.1 Å². The summed E-state index contributed by atoms with van der Waals surface area (Å²) < 4.78 is 0. The molecule has 1 rings (SSSR count). The lowest BCUT2D eigenvalue weighted by Crippen LogP contribution is -2.41. The zero-order valence-corrected chi connectivity index (χ0v) is 12.3. The van der Waals surface area contributed by atoms with Crippen LogP contribution >= 0.6 is 23.2 Å². The van der Waals surface area contributed by atoms with Gasteiger partial charge in [-0.2, -0.15) is 0 Å². The van der Waals surface area contributed by atoms with Crippen LogP contribution in [0.2, 0.25) is 10.0 Å². The average molecular weight is 289 g/mol. The first-order chi connectivity index (χ1) is 8.42. The van der Waals surface area contributed by atoms with Crippen LogP contribution in [0.25, 0.3) is 0 Å². The third-order valence-electron chi connectivity index (χ3n) is 2.64. The molecule has 0 spiro atoms. The fourth-order valence-electron chi connectivity index (χ4n) is 1.42. The van der Waals surface area contributed by atoms with E-state index < -0.39 is 0 Å². The van der Waals surface area contributed by atoms with Crippen molar-refractivity contribution in [1.82, 2.24) is 5.32 Å². The fourth-order valence-corrected chi connectivity index (χ4v) is 1.95. The summed E-state index contributed by atoms with van der Waals surface area (Å²) in [6.07, 6.45) is 0.904. The largest absolute Gasteiger partial charge is 0.374 e. The van der Waals surface area contributed by atoms with E-state index in [1.54, 1.807) is 25.1 Å². The summed E-state index contributed by atoms with van der Waals surface area (Å²) in [5, 5.41) is 7.07. The summed E-state index contributed by atoms with van der Waals surface area (Å²) >= 11 is 11.8. The zero-order valence-electron chi connectivity index (χ0n) is 10.8. The second-order valence-corrected chi connectivity index (χ2v) is 5.21. The monoisotopic (exact) mass is 288 g/mol. The molecule has 0 saturated carbocycles. The summed E-state index contributed by atoms with van der Waals surface area (Å²) in [6.45, 7) is 5.80. The maximum absolute atomic E-state index is 11.8. The van der Waals surface area contributed by atoms with Gasteiger partial charge >= 0.3 is 0 Å². The minimum absolute atomic E-state index is 0.0413. The predicted octanol–water partition coefficient (Wildman–Crippen LogP) is 3.71. The van der Waals surface area contributed by atoms with E-state index in [4.69, 9.17) is 23.2 Å². The van der Waals surface area contributed by atoms with Gasteiger partial charge in [0.05, 0.1) is 0 Å². The van der Waals surface area contributed by atoms with Crippen molar-refractivity contribution in [1.29, 1.82) is 0 Å². The molecule has 5 heteroatoms. The minimum Gasteiger partial charge on any atom is -0.374 e. The van der Waals surface area contributed by atoms with Crippen LogP contribution in [0.3, 0.4) is 0 Å². The number of amides is 1. The van der Waals surface area contributed by atoms with Gasteiger partial charge in [0, 0.05) is 21.8 Å². The quantitative estimate of drug-likeness (QED) is 0.867. The molecule has 2 unspecified atom stereocenters. The highest BCUT2D eigenvalue weighted by atomic mass is 35.5. The molecule has 0 aliphatic carbocycles. The minimum atomic E-state index is -0.339. The Hall–Kier alpha value is -0.930. The van der Waals surface area contributed by atoms with Crippen LogP contribution in [-0.4, -0.2) is 18.0 Å². The Labute approximate surface area is 118 Å². The predicted molar refractivity (Wildman–Crippen MR) is 77.4 cm³/mol. The van der Waals surface area contributed by atoms with Gasteiger partial charge in [0.25, 0.3) is 0 Å². The standard InChI is InChI=1S/C13H18Cl2N2O/c1-4-8(2)16-13(18)9(3)17-12-6-10(14)5-11(15)7-12/h5-9,17H,4H2,1-3H3,(H,16,18). The molecule has 0 heterocycles. The molecule has 0 aliphatic heterocycles. The number of hydrogen-bond donors (Lipinski definition) is 2. The van der Waals surface area contributed by atoms with Gasteiger partial charge in [0.2, 0.25) is 5.91 Å². The third kappa shape index (κ3) is 4.75. The first-order valence-corrected chi connectivity index (χ1v) is 6.71. The molecule has 0 saturated heterocycles. The molecule has 1 amide bonds. The van der Waals surface area contributed by atoms with Gasteiger partial charge in [0.15, 0.2) is 0 Å². The average Bonchev–Trinajstić information content (AvgIpc) is 2.27. The lowest BCUT2D eigenvalue weighted by molar-refractivity contribution is -0.122. The van der Waals surface area contributed by atoms with E-state index >= 15 is 0 Å². The first kappa shape index (κ1) is 15.1. The van der Waals surface area contributed by atoms with Crippen LogP contribution in [-0.2, 0) is 4.79 Å². The van der Waals surface area contributed by atoms with E-state index in [1.165, 1.54) is 0 Å². The highest BCUT2D eigenvalue weighted by Crippen LogP contribution is 2.22. The highest BCUT2D eigenvalue weighted by Gasteiger charge is 2.14. The summed E-state index contributed by atoms with van der Waals surface area (Å²) in [5.74, 6) is -0.0413. The van der Waals surface area contributed by atoms with Gasteiger partial charge in [-0.1, -0.05) is 30.1 Å². The van der Waals surface area contributed by atoms with Crippen molar-refractivity contribution in [3.05, 3.63) is 28.2 Å². The number of nitrogens with one attached hydrogen (secondary N) is 2. The lowest BCUT2D eigenvalue weighted by atomic mass is 10.2. The number of hydrogen-bond acceptors (Lipinski definition) is 2. The maximum atomic E-state index is 11.8. The molecule has 3 nitrogen and oxygen atoms in total. The number of rotatable bonds is 5. The molecular weight excluding hydrogens is 271 g/mol. The van der Waals surface area contributed by atoms with Crippen molar-refractivity contribution in [2.45, 2.75) is 39.3 Å². The number of anilines is 1. The zero-order chi connectivity index (χ0) is 13.7. The Kier molecular flexibility index (Phi) is 5.76. The molecule has 0 bridgehead atoms. The van der Waals surface area contributed by atoms with Crippen LogP contribution in [0, 0.1) is 0 Å². The highest BCUT2D eigenvalue weighted by molar-refractivity contribution is 6.35. The summed E-state index contributed by atoms with van der Waals surface area (Å²) in [4.78, 5) is 11.8. The molecule has 0 radical (unpaired) electrons. The molecule has 1 aromatic carbocycles. The first-order valence-electron chi connectivity index (χ1n) is 5.95. The fraction of sp³-hybridized carbons (Fsp3) is 0.462. The van der Waals surface area contributed by atoms with Crippen LogP contribution in [0.5, 0.6) is 0 Å². The van der Waals surface area contributed by atoms with Crippen molar-refractivity contribution >= 4 is 34.8 Å². The number of carbonyl (C=O) groups is 1. The number of halogens is 2. The molecule has 1 aromatic rings. The van der Waals surface area contributed by atoms with E-state index in [-0.39, 0.29) is 18.0 Å². The van der Waals surface area contributed by atoms with Crippen LogP contribution in [0.4, 0.5) is 5.69 Å². The van der Waals surface area contributed by atoms with Crippen molar-refractivity contribution < 1.29 is 4.79 Å². The number of carbonyl (C=O) groups excluding carboxylic acids is 1. The SMILES string of the molecule is CCC(C)NC(=O)C(C)Nc1cc(Cl)cc(Cl)c1.